The standard InChI is InChI=1S/C19H15N2.C11H8N.Ir/c1-19(2)17-13(14-9-6-12-21-18(14)19)7-5-8-15(17)16-10-3-4-11-20-16;1-2-6-10(7-3-1)11-8-4-5-9-12-11;/h3-7,9-12H,1-2H3;1-6,8-9H;/q2*-1;. The molecule has 0 spiro atoms. The van der Waals surface area contributed by atoms with Crippen LogP contribution in [0.5, 0.6) is 0 Å². The molecule has 3 aromatic heterocycles. The molecule has 1 aliphatic carbocycles. The zero-order chi connectivity index (χ0) is 22.7. The van der Waals surface area contributed by atoms with Gasteiger partial charge in [0.15, 0.2) is 0 Å². The zero-order valence-corrected chi connectivity index (χ0v) is 21.4. The Bertz CT molecular complexity index is 1330. The van der Waals surface area contributed by atoms with Crippen LogP contribution in [0.4, 0.5) is 0 Å². The fourth-order valence-electron chi connectivity index (χ4n) is 4.40. The van der Waals surface area contributed by atoms with Gasteiger partial charge in [-0.1, -0.05) is 49.7 Å². The van der Waals surface area contributed by atoms with Gasteiger partial charge in [-0.05, 0) is 40.6 Å². The van der Waals surface area contributed by atoms with Gasteiger partial charge in [-0.25, -0.2) is 0 Å². The van der Waals surface area contributed by atoms with E-state index in [1.54, 1.807) is 6.20 Å². The van der Waals surface area contributed by atoms with Gasteiger partial charge in [-0.2, -0.15) is 0 Å². The second kappa shape index (κ2) is 10.2. The van der Waals surface area contributed by atoms with Gasteiger partial charge in [-0.3, -0.25) is 4.98 Å². The summed E-state index contributed by atoms with van der Waals surface area (Å²) < 4.78 is 0. The van der Waals surface area contributed by atoms with E-state index >= 15 is 0 Å². The van der Waals surface area contributed by atoms with Crippen LogP contribution in [0.15, 0.2) is 104 Å². The molecule has 0 amide bonds. The van der Waals surface area contributed by atoms with E-state index in [1.165, 1.54) is 16.7 Å². The van der Waals surface area contributed by atoms with E-state index in [9.17, 15) is 0 Å². The van der Waals surface area contributed by atoms with Crippen LogP contribution in [0.2, 0.25) is 0 Å². The van der Waals surface area contributed by atoms with Crippen LogP contribution in [0.25, 0.3) is 33.6 Å². The molecule has 1 radical (unpaired) electrons. The fraction of sp³-hybridized carbons (Fsp3) is 0.100. The SMILES string of the molecule is CC1(C)c2ncccc2-c2cc[c-]c(-c3ccccn3)c21.[Ir].[c-]1ccccc1-c1ccccn1. The Labute approximate surface area is 214 Å². The molecule has 0 saturated carbocycles. The molecule has 0 bridgehead atoms. The van der Waals surface area contributed by atoms with Gasteiger partial charge in [0, 0.05) is 44.4 Å². The Balaban J connectivity index is 0.000000180. The molecule has 3 nitrogen and oxygen atoms in total. The van der Waals surface area contributed by atoms with Crippen LogP contribution >= 0.6 is 0 Å². The Kier molecular flexibility index (Phi) is 7.11. The minimum atomic E-state index is -0.128. The fourth-order valence-corrected chi connectivity index (χ4v) is 4.40. The van der Waals surface area contributed by atoms with Crippen molar-refractivity contribution in [1.29, 1.82) is 0 Å². The third-order valence-corrected chi connectivity index (χ3v) is 5.88. The summed E-state index contributed by atoms with van der Waals surface area (Å²) in [6.45, 7) is 4.45. The maximum Gasteiger partial charge on any atom is 0.0478 e. The molecule has 4 heteroatoms. The van der Waals surface area contributed by atoms with Crippen molar-refractivity contribution in [2.45, 2.75) is 19.3 Å². The van der Waals surface area contributed by atoms with E-state index in [0.29, 0.717) is 0 Å². The smallest absolute Gasteiger partial charge is 0.0478 e. The van der Waals surface area contributed by atoms with Crippen LogP contribution in [0.1, 0.15) is 25.1 Å². The number of pyridine rings is 3. The largest absolute Gasteiger partial charge is 0.305 e. The van der Waals surface area contributed by atoms with Crippen molar-refractivity contribution in [3.63, 3.8) is 0 Å². The maximum atomic E-state index is 4.63. The number of rotatable bonds is 2. The molecule has 1 aliphatic rings. The average Bonchev–Trinajstić information content (AvgIpc) is 3.13. The van der Waals surface area contributed by atoms with Gasteiger partial charge in [-0.15, -0.1) is 65.2 Å². The second-order valence-corrected chi connectivity index (χ2v) is 8.37. The summed E-state index contributed by atoms with van der Waals surface area (Å²) in [5.74, 6) is 0. The Hall–Kier alpha value is -3.46. The molecule has 3 heterocycles. The third-order valence-electron chi connectivity index (χ3n) is 5.88. The minimum Gasteiger partial charge on any atom is -0.305 e. The van der Waals surface area contributed by atoms with Crippen molar-refractivity contribution >= 4 is 0 Å². The van der Waals surface area contributed by atoms with Crippen molar-refractivity contribution in [2.75, 3.05) is 0 Å². The van der Waals surface area contributed by atoms with Crippen molar-refractivity contribution < 1.29 is 20.1 Å². The first-order chi connectivity index (χ1) is 16.2. The minimum absolute atomic E-state index is 0. The van der Waals surface area contributed by atoms with Crippen LogP contribution in [-0.4, -0.2) is 15.0 Å². The van der Waals surface area contributed by atoms with Crippen LogP contribution in [0.3, 0.4) is 0 Å². The van der Waals surface area contributed by atoms with E-state index in [1.807, 2.05) is 85.2 Å². The number of hydrogen-bond acceptors (Lipinski definition) is 3. The molecule has 6 rings (SSSR count). The van der Waals surface area contributed by atoms with E-state index in [0.717, 1.165) is 28.2 Å². The number of aromatic nitrogens is 3. The zero-order valence-electron chi connectivity index (χ0n) is 19.0. The number of fused-ring (bicyclic) bond motifs is 3. The first-order valence-electron chi connectivity index (χ1n) is 11.0. The van der Waals surface area contributed by atoms with Gasteiger partial charge in [0.2, 0.25) is 0 Å². The Morgan fingerprint density at radius 2 is 1.32 bits per heavy atom. The molecule has 0 saturated heterocycles. The summed E-state index contributed by atoms with van der Waals surface area (Å²) in [6.07, 6.45) is 5.49. The molecule has 34 heavy (non-hydrogen) atoms. The topological polar surface area (TPSA) is 38.7 Å². The van der Waals surface area contributed by atoms with Crippen molar-refractivity contribution in [3.8, 4) is 33.6 Å². The molecule has 0 unspecified atom stereocenters. The van der Waals surface area contributed by atoms with Gasteiger partial charge >= 0.3 is 0 Å². The quantitative estimate of drug-likeness (QED) is 0.205. The van der Waals surface area contributed by atoms with Gasteiger partial charge in [0.25, 0.3) is 0 Å². The van der Waals surface area contributed by atoms with Gasteiger partial charge in [0.05, 0.1) is 0 Å². The van der Waals surface area contributed by atoms with E-state index in [-0.39, 0.29) is 25.5 Å². The summed E-state index contributed by atoms with van der Waals surface area (Å²) in [5, 5.41) is 0. The Morgan fingerprint density at radius 3 is 2.00 bits per heavy atom. The molecular weight excluding hydrogens is 595 g/mol. The number of hydrogen-bond donors (Lipinski definition) is 0. The van der Waals surface area contributed by atoms with E-state index in [2.05, 4.69) is 53.1 Å². The average molecular weight is 618 g/mol. The second-order valence-electron chi connectivity index (χ2n) is 8.37. The predicted molar refractivity (Wildman–Crippen MR) is 132 cm³/mol. The molecular formula is C30H23IrN3-2. The van der Waals surface area contributed by atoms with Crippen molar-refractivity contribution in [2.24, 2.45) is 0 Å². The van der Waals surface area contributed by atoms with Crippen molar-refractivity contribution in [1.82, 2.24) is 15.0 Å². The van der Waals surface area contributed by atoms with E-state index < -0.39 is 0 Å². The third kappa shape index (κ3) is 4.48. The van der Waals surface area contributed by atoms with Crippen molar-refractivity contribution in [3.05, 3.63) is 127 Å². The molecule has 0 aliphatic heterocycles. The van der Waals surface area contributed by atoms with Gasteiger partial charge < -0.3 is 9.97 Å². The molecule has 5 aromatic rings. The first kappa shape index (κ1) is 23.7. The van der Waals surface area contributed by atoms with Crippen LogP contribution in [-0.2, 0) is 25.5 Å². The summed E-state index contributed by atoms with van der Waals surface area (Å²) in [5.41, 5.74) is 8.82. The normalized spacial score (nSPS) is 12.4. The first-order valence-corrected chi connectivity index (χ1v) is 11.0. The maximum absolute atomic E-state index is 4.63. The molecule has 2 aromatic carbocycles. The predicted octanol–water partition coefficient (Wildman–Crippen LogP) is 6.80. The molecule has 0 atom stereocenters. The summed E-state index contributed by atoms with van der Waals surface area (Å²) >= 11 is 0. The summed E-state index contributed by atoms with van der Waals surface area (Å²) in [6, 6.07) is 34.5. The molecule has 0 fully saturated rings. The summed E-state index contributed by atoms with van der Waals surface area (Å²) in [4.78, 5) is 13.3. The number of benzene rings is 2. The van der Waals surface area contributed by atoms with Gasteiger partial charge in [0.1, 0.15) is 0 Å². The number of nitrogens with zero attached hydrogens (tertiary/aromatic N) is 3. The molecule has 0 N–H and O–H groups in total. The summed E-state index contributed by atoms with van der Waals surface area (Å²) in [7, 11) is 0. The Morgan fingerprint density at radius 1 is 0.618 bits per heavy atom. The molecule has 169 valence electrons. The van der Waals surface area contributed by atoms with Crippen LogP contribution in [0, 0.1) is 12.1 Å². The van der Waals surface area contributed by atoms with Crippen LogP contribution < -0.4 is 0 Å². The monoisotopic (exact) mass is 618 g/mol. The van der Waals surface area contributed by atoms with E-state index in [4.69, 9.17) is 0 Å².